The molecule has 0 bridgehead atoms. The van der Waals surface area contributed by atoms with Gasteiger partial charge in [0.15, 0.2) is 0 Å². The predicted octanol–water partition coefficient (Wildman–Crippen LogP) is 6.80. The number of alkyl halides is 2. The lowest BCUT2D eigenvalue weighted by molar-refractivity contribution is -0.141. The number of halogens is 2. The van der Waals surface area contributed by atoms with Crippen LogP contribution in [0.25, 0.3) is 11.1 Å². The summed E-state index contributed by atoms with van der Waals surface area (Å²) < 4.78 is 63.8. The zero-order chi connectivity index (χ0) is 28.3. The summed E-state index contributed by atoms with van der Waals surface area (Å²) in [5.74, 6) is -0.817. The third kappa shape index (κ3) is 6.68. The lowest BCUT2D eigenvalue weighted by atomic mass is 9.85. The van der Waals surface area contributed by atoms with Crippen molar-refractivity contribution >= 4 is 21.7 Å². The zero-order valence-corrected chi connectivity index (χ0v) is 22.7. The normalized spacial score (nSPS) is 16.0. The van der Waals surface area contributed by atoms with E-state index >= 15 is 0 Å². The average Bonchev–Trinajstić information content (AvgIpc) is 2.87. The van der Waals surface area contributed by atoms with E-state index in [9.17, 15) is 27.1 Å². The number of carboxylic acids is 1. The molecule has 0 spiro atoms. The second kappa shape index (κ2) is 11.6. The quantitative estimate of drug-likeness (QED) is 0.268. The molecular weight excluding hydrogens is 528 g/mol. The van der Waals surface area contributed by atoms with E-state index in [4.69, 9.17) is 9.47 Å². The fourth-order valence-electron chi connectivity index (χ4n) is 4.95. The topological polar surface area (TPSA) is 102 Å². The molecule has 39 heavy (non-hydrogen) atoms. The first-order valence-electron chi connectivity index (χ1n) is 12.7. The Morgan fingerprint density at radius 3 is 2.51 bits per heavy atom. The van der Waals surface area contributed by atoms with Gasteiger partial charge in [-0.2, -0.15) is 8.78 Å². The van der Waals surface area contributed by atoms with Crippen LogP contribution >= 0.6 is 0 Å². The molecule has 4 rings (SSSR count). The van der Waals surface area contributed by atoms with Crippen LogP contribution in [0.2, 0.25) is 0 Å². The Balaban J connectivity index is 1.78. The van der Waals surface area contributed by atoms with Crippen LogP contribution in [0.4, 0.5) is 14.5 Å². The summed E-state index contributed by atoms with van der Waals surface area (Å²) in [6.07, 6.45) is 2.45. The van der Waals surface area contributed by atoms with Gasteiger partial charge in [0.05, 0.1) is 17.7 Å². The number of benzene rings is 3. The molecule has 3 aromatic carbocycles. The second-order valence-electron chi connectivity index (χ2n) is 9.77. The molecule has 1 aliphatic rings. The summed E-state index contributed by atoms with van der Waals surface area (Å²) in [7, 11) is -3.57. The highest BCUT2D eigenvalue weighted by molar-refractivity contribution is 7.92. The van der Waals surface area contributed by atoms with Crippen molar-refractivity contribution < 1.29 is 36.6 Å². The van der Waals surface area contributed by atoms with E-state index in [0.717, 1.165) is 23.8 Å². The maximum absolute atomic E-state index is 13.2. The number of fused-ring (bicyclic) bond motifs is 3. The van der Waals surface area contributed by atoms with Crippen LogP contribution in [-0.2, 0) is 14.8 Å². The lowest BCUT2D eigenvalue weighted by Gasteiger charge is -2.31. The molecular formula is C29H31F2NO6S. The Morgan fingerprint density at radius 2 is 1.85 bits per heavy atom. The molecule has 0 saturated heterocycles. The summed E-state index contributed by atoms with van der Waals surface area (Å²) in [5, 5.41) is 9.28. The first-order chi connectivity index (χ1) is 18.5. The van der Waals surface area contributed by atoms with E-state index in [0.29, 0.717) is 41.0 Å². The Bertz CT molecular complexity index is 1460. The third-order valence-electron chi connectivity index (χ3n) is 6.90. The number of hydrogen-bond donors (Lipinski definition) is 2. The van der Waals surface area contributed by atoms with E-state index < -0.39 is 34.6 Å². The van der Waals surface area contributed by atoms with Gasteiger partial charge in [-0.15, -0.1) is 0 Å². The van der Waals surface area contributed by atoms with E-state index in [2.05, 4.69) is 11.6 Å². The molecule has 7 nitrogen and oxygen atoms in total. The van der Waals surface area contributed by atoms with Gasteiger partial charge in [0.1, 0.15) is 17.6 Å². The zero-order valence-electron chi connectivity index (χ0n) is 21.9. The van der Waals surface area contributed by atoms with Crippen molar-refractivity contribution in [1.29, 1.82) is 0 Å². The highest BCUT2D eigenvalue weighted by Crippen LogP contribution is 2.50. The Morgan fingerprint density at radius 1 is 1.10 bits per heavy atom. The smallest absolute Gasteiger partial charge is 0.387 e. The van der Waals surface area contributed by atoms with E-state index in [1.165, 1.54) is 6.07 Å². The van der Waals surface area contributed by atoms with Gasteiger partial charge < -0.3 is 14.6 Å². The van der Waals surface area contributed by atoms with Gasteiger partial charge in [-0.1, -0.05) is 50.2 Å². The van der Waals surface area contributed by atoms with Gasteiger partial charge in [-0.05, 0) is 66.1 Å². The van der Waals surface area contributed by atoms with Gasteiger partial charge in [-0.3, -0.25) is 9.52 Å². The molecule has 0 fully saturated rings. The molecule has 208 valence electrons. The fourth-order valence-corrected chi connectivity index (χ4v) is 5.50. The number of hydrogen-bond acceptors (Lipinski definition) is 5. The molecule has 3 aromatic rings. The van der Waals surface area contributed by atoms with Gasteiger partial charge in [0.2, 0.25) is 10.0 Å². The molecule has 3 unspecified atom stereocenters. The van der Waals surface area contributed by atoms with Crippen LogP contribution in [0, 0.1) is 5.92 Å². The Labute approximate surface area is 226 Å². The highest BCUT2D eigenvalue weighted by Gasteiger charge is 2.31. The molecule has 0 aliphatic carbocycles. The van der Waals surface area contributed by atoms with Crippen molar-refractivity contribution in [1.82, 2.24) is 0 Å². The summed E-state index contributed by atoms with van der Waals surface area (Å²) in [5.41, 5.74) is 3.67. The monoisotopic (exact) mass is 559 g/mol. The Kier molecular flexibility index (Phi) is 8.44. The lowest BCUT2D eigenvalue weighted by Crippen LogP contribution is -2.18. The number of aliphatic carboxylic acids is 1. The molecule has 3 atom stereocenters. The predicted molar refractivity (Wildman–Crippen MR) is 145 cm³/mol. The summed E-state index contributed by atoms with van der Waals surface area (Å²) >= 11 is 0. The van der Waals surface area contributed by atoms with E-state index in [1.54, 1.807) is 37.3 Å². The first kappa shape index (κ1) is 28.4. The summed E-state index contributed by atoms with van der Waals surface area (Å²) in [6.45, 7) is 0.721. The number of nitrogens with one attached hydrogen (secondary N) is 1. The molecule has 1 aliphatic heterocycles. The van der Waals surface area contributed by atoms with Crippen molar-refractivity contribution in [2.75, 3.05) is 11.0 Å². The molecule has 0 radical (unpaired) electrons. The van der Waals surface area contributed by atoms with Crippen molar-refractivity contribution in [2.24, 2.45) is 5.92 Å². The first-order valence-corrected chi connectivity index (χ1v) is 14.5. The number of anilines is 1. The van der Waals surface area contributed by atoms with Crippen LogP contribution in [0.5, 0.6) is 11.5 Å². The SMILES string of the molecule is CCC(CCC(C)C(=O)O)c1cccc(C2Oc3cccc(OC(F)F)c3-c3ccc(NS(C)(=O)=O)cc32)c1. The van der Waals surface area contributed by atoms with E-state index in [-0.39, 0.29) is 11.7 Å². The number of sulfonamides is 1. The molecule has 10 heteroatoms. The second-order valence-corrected chi connectivity index (χ2v) is 11.5. The van der Waals surface area contributed by atoms with Crippen LogP contribution < -0.4 is 14.2 Å². The molecule has 0 aromatic heterocycles. The van der Waals surface area contributed by atoms with Crippen molar-refractivity contribution in [3.05, 3.63) is 77.4 Å². The van der Waals surface area contributed by atoms with Crippen LogP contribution in [0.15, 0.2) is 60.7 Å². The standard InChI is InChI=1S/C29H31F2NO6S/c1-4-18(12-11-17(2)28(33)34)19-7-5-8-20(15-19)27-23-16-21(32-39(3,35)36)13-14-22(23)26-24(37-27)9-6-10-25(26)38-29(30)31/h5-10,13-18,27,29,32H,4,11-12H2,1-3H3,(H,33,34). The minimum Gasteiger partial charge on any atom is -0.481 e. The Hall–Kier alpha value is -3.66. The summed E-state index contributed by atoms with van der Waals surface area (Å²) in [6, 6.07) is 17.4. The van der Waals surface area contributed by atoms with E-state index in [1.807, 2.05) is 24.3 Å². The van der Waals surface area contributed by atoms with Gasteiger partial charge in [-0.25, -0.2) is 8.42 Å². The number of carboxylic acid groups (broad SMARTS) is 1. The maximum Gasteiger partial charge on any atom is 0.387 e. The minimum atomic E-state index is -3.57. The highest BCUT2D eigenvalue weighted by atomic mass is 32.2. The molecule has 0 amide bonds. The van der Waals surface area contributed by atoms with Crippen molar-refractivity contribution in [2.45, 2.75) is 51.7 Å². The molecule has 1 heterocycles. The summed E-state index contributed by atoms with van der Waals surface area (Å²) in [4.78, 5) is 11.3. The van der Waals surface area contributed by atoms with Crippen molar-refractivity contribution in [3.8, 4) is 22.6 Å². The van der Waals surface area contributed by atoms with Crippen molar-refractivity contribution in [3.63, 3.8) is 0 Å². The van der Waals surface area contributed by atoms with Gasteiger partial charge >= 0.3 is 12.6 Å². The average molecular weight is 560 g/mol. The minimum absolute atomic E-state index is 0.0432. The number of rotatable bonds is 11. The molecule has 0 saturated carbocycles. The third-order valence-corrected chi connectivity index (χ3v) is 7.51. The number of ether oxygens (including phenoxy) is 2. The van der Waals surface area contributed by atoms with Crippen LogP contribution in [0.1, 0.15) is 61.8 Å². The van der Waals surface area contributed by atoms with Crippen LogP contribution in [0.3, 0.4) is 0 Å². The van der Waals surface area contributed by atoms with Gasteiger partial charge in [0, 0.05) is 11.3 Å². The molecule has 2 N–H and O–H groups in total. The fraction of sp³-hybridized carbons (Fsp3) is 0.345. The maximum atomic E-state index is 13.2. The van der Waals surface area contributed by atoms with Crippen LogP contribution in [-0.4, -0.2) is 32.4 Å². The largest absolute Gasteiger partial charge is 0.481 e. The number of carbonyl (C=O) groups is 1. The van der Waals surface area contributed by atoms with Gasteiger partial charge in [0.25, 0.3) is 0 Å².